The van der Waals surface area contributed by atoms with Crippen molar-refractivity contribution in [2.75, 3.05) is 0 Å². The first-order valence-electron chi connectivity index (χ1n) is 9.32. The number of nitriles is 1. The third-order valence-corrected chi connectivity index (χ3v) is 5.06. The molecule has 2 N–H and O–H groups in total. The highest BCUT2D eigenvalue weighted by molar-refractivity contribution is 5.73. The van der Waals surface area contributed by atoms with E-state index < -0.39 is 36.1 Å². The van der Waals surface area contributed by atoms with Crippen LogP contribution in [0.3, 0.4) is 0 Å². The minimum atomic E-state index is -4.66. The number of aromatic nitrogens is 2. The van der Waals surface area contributed by atoms with Crippen molar-refractivity contribution < 1.29 is 26.8 Å². The Balaban J connectivity index is 1.69. The van der Waals surface area contributed by atoms with Gasteiger partial charge in [-0.3, -0.25) is 4.98 Å². The number of alkyl halides is 3. The number of hydrogen-bond donors (Lipinski definition) is 1. The fourth-order valence-corrected chi connectivity index (χ4v) is 3.45. The first-order valence-corrected chi connectivity index (χ1v) is 9.32. The van der Waals surface area contributed by atoms with Gasteiger partial charge in [0.1, 0.15) is 23.2 Å². The molecule has 0 fully saturated rings. The van der Waals surface area contributed by atoms with Gasteiger partial charge in [-0.2, -0.15) is 18.4 Å². The Morgan fingerprint density at radius 2 is 1.97 bits per heavy atom. The summed E-state index contributed by atoms with van der Waals surface area (Å²) in [6.07, 6.45) is -3.92. The summed E-state index contributed by atoms with van der Waals surface area (Å²) in [5, 5.41) is 12.8. The lowest BCUT2D eigenvalue weighted by atomic mass is 9.86. The molecular weight excluding hydrogens is 430 g/mol. The van der Waals surface area contributed by atoms with Crippen LogP contribution in [0.25, 0.3) is 22.7 Å². The van der Waals surface area contributed by atoms with Crippen molar-refractivity contribution in [3.63, 3.8) is 0 Å². The van der Waals surface area contributed by atoms with Gasteiger partial charge >= 0.3 is 6.18 Å². The van der Waals surface area contributed by atoms with E-state index in [-0.39, 0.29) is 11.3 Å². The summed E-state index contributed by atoms with van der Waals surface area (Å²) in [7, 11) is 0. The molecule has 0 saturated heterocycles. The SMILES string of the molecule is C[C@@]1(c2cc(-c3cc(-c4ccc(C#N)cn4)no3)ccc2F)C[C@@H](C(F)(F)F)N=C(N)O1. The van der Waals surface area contributed by atoms with Gasteiger partial charge in [0.25, 0.3) is 6.02 Å². The van der Waals surface area contributed by atoms with E-state index in [4.69, 9.17) is 20.3 Å². The number of hydrogen-bond acceptors (Lipinski definition) is 7. The average Bonchev–Trinajstić information content (AvgIpc) is 3.23. The van der Waals surface area contributed by atoms with Crippen molar-refractivity contribution in [2.24, 2.45) is 10.7 Å². The number of pyridine rings is 1. The predicted molar refractivity (Wildman–Crippen MR) is 104 cm³/mol. The Morgan fingerprint density at radius 3 is 2.62 bits per heavy atom. The zero-order valence-electron chi connectivity index (χ0n) is 16.5. The maximum Gasteiger partial charge on any atom is 0.411 e. The van der Waals surface area contributed by atoms with E-state index in [1.165, 1.54) is 25.3 Å². The molecule has 1 aliphatic heterocycles. The Bertz CT molecular complexity index is 1230. The van der Waals surface area contributed by atoms with Crippen LogP contribution in [0.2, 0.25) is 0 Å². The molecule has 11 heteroatoms. The summed E-state index contributed by atoms with van der Waals surface area (Å²) in [5.41, 5.74) is 5.19. The number of benzene rings is 1. The van der Waals surface area contributed by atoms with Crippen LogP contribution < -0.4 is 5.73 Å². The minimum Gasteiger partial charge on any atom is -0.454 e. The van der Waals surface area contributed by atoms with E-state index in [9.17, 15) is 17.6 Å². The molecule has 0 spiro atoms. The topological polar surface area (TPSA) is 110 Å². The molecule has 0 saturated carbocycles. The highest BCUT2D eigenvalue weighted by atomic mass is 19.4. The van der Waals surface area contributed by atoms with Gasteiger partial charge in [-0.25, -0.2) is 9.38 Å². The monoisotopic (exact) mass is 445 g/mol. The molecule has 32 heavy (non-hydrogen) atoms. The van der Waals surface area contributed by atoms with Gasteiger partial charge in [0.2, 0.25) is 0 Å². The molecule has 3 aromatic rings. The predicted octanol–water partition coefficient (Wildman–Crippen LogP) is 4.30. The van der Waals surface area contributed by atoms with Gasteiger partial charge in [-0.15, -0.1) is 0 Å². The first kappa shape index (κ1) is 21.3. The van der Waals surface area contributed by atoms with Crippen LogP contribution in [0.5, 0.6) is 0 Å². The Labute approximate surface area is 179 Å². The fourth-order valence-electron chi connectivity index (χ4n) is 3.45. The van der Waals surface area contributed by atoms with Gasteiger partial charge in [-0.1, -0.05) is 5.16 Å². The van der Waals surface area contributed by atoms with Crippen LogP contribution in [-0.4, -0.2) is 28.4 Å². The molecule has 0 amide bonds. The number of nitrogens with zero attached hydrogens (tertiary/aromatic N) is 4. The molecule has 4 rings (SSSR count). The zero-order chi connectivity index (χ0) is 23.1. The van der Waals surface area contributed by atoms with Gasteiger partial charge in [0.05, 0.1) is 11.3 Å². The van der Waals surface area contributed by atoms with Crippen LogP contribution >= 0.6 is 0 Å². The molecule has 0 unspecified atom stereocenters. The van der Waals surface area contributed by atoms with Crippen molar-refractivity contribution >= 4 is 6.02 Å². The molecule has 0 aliphatic carbocycles. The van der Waals surface area contributed by atoms with Crippen molar-refractivity contribution in [1.29, 1.82) is 5.26 Å². The van der Waals surface area contributed by atoms with Crippen LogP contribution in [0.1, 0.15) is 24.5 Å². The average molecular weight is 445 g/mol. The summed E-state index contributed by atoms with van der Waals surface area (Å²) < 4.78 is 65.2. The molecule has 3 heterocycles. The number of amidine groups is 1. The summed E-state index contributed by atoms with van der Waals surface area (Å²) in [4.78, 5) is 7.43. The molecule has 1 aromatic carbocycles. The van der Waals surface area contributed by atoms with E-state index in [0.717, 1.165) is 6.07 Å². The highest BCUT2D eigenvalue weighted by Gasteiger charge is 2.49. The molecule has 7 nitrogen and oxygen atoms in total. The second kappa shape index (κ2) is 7.64. The van der Waals surface area contributed by atoms with Crippen LogP contribution in [0.4, 0.5) is 17.6 Å². The van der Waals surface area contributed by atoms with E-state index in [0.29, 0.717) is 22.5 Å². The van der Waals surface area contributed by atoms with Crippen molar-refractivity contribution in [3.8, 4) is 28.8 Å². The number of nitrogens with two attached hydrogens (primary N) is 1. The first-order chi connectivity index (χ1) is 15.1. The van der Waals surface area contributed by atoms with Gasteiger partial charge < -0.3 is 15.0 Å². The van der Waals surface area contributed by atoms with Gasteiger partial charge in [-0.05, 0) is 37.3 Å². The number of ether oxygens (including phenoxy) is 1. The van der Waals surface area contributed by atoms with Crippen LogP contribution in [0.15, 0.2) is 52.1 Å². The smallest absolute Gasteiger partial charge is 0.411 e. The quantitative estimate of drug-likeness (QED) is 0.602. The maximum atomic E-state index is 14.7. The summed E-state index contributed by atoms with van der Waals surface area (Å²) in [5.74, 6) is -0.527. The van der Waals surface area contributed by atoms with Crippen LogP contribution in [-0.2, 0) is 10.3 Å². The van der Waals surface area contributed by atoms with Crippen molar-refractivity contribution in [2.45, 2.75) is 31.2 Å². The molecule has 164 valence electrons. The molecule has 2 aromatic heterocycles. The third kappa shape index (κ3) is 3.99. The zero-order valence-corrected chi connectivity index (χ0v) is 16.5. The van der Waals surface area contributed by atoms with Crippen molar-refractivity contribution in [3.05, 3.63) is 59.5 Å². The molecule has 2 atom stereocenters. The number of halogens is 4. The largest absolute Gasteiger partial charge is 0.454 e. The number of aliphatic imine (C=N–C) groups is 1. The standard InChI is InChI=1S/C21H15F4N5O2/c1-20(8-18(21(23,24)25)29-19(27)31-20)13-6-12(3-4-14(13)22)17-7-16(30-32-17)15-5-2-11(9-26)10-28-15/h2-7,10,18H,8H2,1H3,(H2,27,29)/t18-,20-/m0/s1. The van der Waals surface area contributed by atoms with Crippen molar-refractivity contribution in [1.82, 2.24) is 10.1 Å². The summed E-state index contributed by atoms with van der Waals surface area (Å²) in [6.45, 7) is 1.32. The van der Waals surface area contributed by atoms with E-state index in [2.05, 4.69) is 15.1 Å². The lowest BCUT2D eigenvalue weighted by Gasteiger charge is -2.37. The lowest BCUT2D eigenvalue weighted by Crippen LogP contribution is -2.46. The Morgan fingerprint density at radius 1 is 1.19 bits per heavy atom. The maximum absolute atomic E-state index is 14.7. The minimum absolute atomic E-state index is 0.128. The van der Waals surface area contributed by atoms with E-state index in [1.54, 1.807) is 18.2 Å². The summed E-state index contributed by atoms with van der Waals surface area (Å²) in [6, 6.07) is 7.71. The molecule has 1 aliphatic rings. The van der Waals surface area contributed by atoms with Gasteiger partial charge in [0.15, 0.2) is 11.8 Å². The Kier molecular flexibility index (Phi) is 5.08. The van der Waals surface area contributed by atoms with E-state index in [1.807, 2.05) is 6.07 Å². The molecular formula is C21H15F4N5O2. The molecule has 0 radical (unpaired) electrons. The molecule has 0 bridgehead atoms. The second-order valence-corrected chi connectivity index (χ2v) is 7.38. The van der Waals surface area contributed by atoms with Gasteiger partial charge in [0, 0.05) is 29.8 Å². The fraction of sp³-hybridized carbons (Fsp3) is 0.238. The van der Waals surface area contributed by atoms with E-state index >= 15 is 0 Å². The Hall–Kier alpha value is -3.94. The third-order valence-electron chi connectivity index (χ3n) is 5.06. The summed E-state index contributed by atoms with van der Waals surface area (Å²) >= 11 is 0. The van der Waals surface area contributed by atoms with Crippen LogP contribution in [0, 0.1) is 17.1 Å². The number of rotatable bonds is 3. The second-order valence-electron chi connectivity index (χ2n) is 7.38. The highest BCUT2D eigenvalue weighted by Crippen LogP contribution is 2.41. The lowest BCUT2D eigenvalue weighted by molar-refractivity contribution is -0.164. The normalized spacial score (nSPS) is 20.9.